The van der Waals surface area contributed by atoms with E-state index in [1.165, 1.54) is 0 Å². The summed E-state index contributed by atoms with van der Waals surface area (Å²) in [6.07, 6.45) is 0.967. The van der Waals surface area contributed by atoms with Gasteiger partial charge >= 0.3 is 10.4 Å². The lowest BCUT2D eigenvalue weighted by molar-refractivity contribution is 0.554. The van der Waals surface area contributed by atoms with Crippen molar-refractivity contribution in [2.24, 2.45) is 4.40 Å². The van der Waals surface area contributed by atoms with E-state index in [1.807, 2.05) is 6.92 Å². The lowest BCUT2D eigenvalue weighted by Gasteiger charge is -1.92. The number of hydrogen-bond donors (Lipinski definition) is 0. The first-order valence-corrected chi connectivity index (χ1v) is 4.88. The van der Waals surface area contributed by atoms with Gasteiger partial charge in [0.15, 0.2) is 0 Å². The van der Waals surface area contributed by atoms with E-state index in [9.17, 15) is 12.3 Å². The van der Waals surface area contributed by atoms with Crippen LogP contribution < -0.4 is 0 Å². The molecule has 0 aliphatic carbocycles. The van der Waals surface area contributed by atoms with Crippen LogP contribution in [0.1, 0.15) is 11.1 Å². The van der Waals surface area contributed by atoms with E-state index in [0.29, 0.717) is 5.56 Å². The zero-order valence-electron chi connectivity index (χ0n) is 6.94. The Bertz CT molecular complexity index is 408. The maximum Gasteiger partial charge on any atom is 0.417 e. The molecular weight excluding hydrogens is 193 g/mol. The van der Waals surface area contributed by atoms with Gasteiger partial charge in [-0.1, -0.05) is 33.7 Å². The van der Waals surface area contributed by atoms with Crippen LogP contribution in [-0.4, -0.2) is 14.6 Å². The first-order valence-electron chi connectivity index (χ1n) is 3.54. The second kappa shape index (κ2) is 3.66. The van der Waals surface area contributed by atoms with Crippen LogP contribution in [0.3, 0.4) is 0 Å². The summed E-state index contributed by atoms with van der Waals surface area (Å²) < 4.78 is 34.7. The topological polar surface area (TPSA) is 46.5 Å². The third-order valence-electron chi connectivity index (χ3n) is 1.41. The highest BCUT2D eigenvalue weighted by Crippen LogP contribution is 2.01. The van der Waals surface area contributed by atoms with Crippen LogP contribution in [-0.2, 0) is 10.4 Å². The smallest absolute Gasteiger partial charge is 0.170 e. The molecule has 0 N–H and O–H groups in total. The van der Waals surface area contributed by atoms with Crippen molar-refractivity contribution >= 4 is 16.6 Å². The number of aryl methyl sites for hydroxylation is 1. The van der Waals surface area contributed by atoms with Gasteiger partial charge in [-0.15, -0.1) is 4.40 Å². The predicted octanol–water partition coefficient (Wildman–Crippen LogP) is 1.63. The number of hydrogen-bond acceptors (Lipinski definition) is 2. The second-order valence-electron chi connectivity index (χ2n) is 2.56. The Balaban J connectivity index is 2.88. The highest BCUT2D eigenvalue weighted by atomic mass is 32.3. The fourth-order valence-corrected chi connectivity index (χ4v) is 1.02. The Morgan fingerprint density at radius 1 is 1.31 bits per heavy atom. The molecule has 0 aliphatic heterocycles. The van der Waals surface area contributed by atoms with Gasteiger partial charge in [-0.25, -0.2) is 0 Å². The third-order valence-corrected chi connectivity index (χ3v) is 1.76. The van der Waals surface area contributed by atoms with Crippen molar-refractivity contribution in [3.63, 3.8) is 0 Å². The Labute approximate surface area is 76.3 Å². The summed E-state index contributed by atoms with van der Waals surface area (Å²) in [7, 11) is -4.76. The van der Waals surface area contributed by atoms with Crippen molar-refractivity contribution in [3.8, 4) is 0 Å². The van der Waals surface area contributed by atoms with Crippen LogP contribution in [0.25, 0.3) is 0 Å². The minimum absolute atomic E-state index is 0.548. The maximum atomic E-state index is 11.9. The van der Waals surface area contributed by atoms with Crippen LogP contribution in [0.15, 0.2) is 28.7 Å². The van der Waals surface area contributed by atoms with Gasteiger partial charge in [0.05, 0.1) is 6.21 Å². The standard InChI is InChI=1S/C8H8FNO2S/c1-7-2-4-8(5-3-7)6-10-13(9,11)12/h2-6H,1H3. The molecule has 5 heteroatoms. The minimum atomic E-state index is -4.76. The second-order valence-corrected chi connectivity index (χ2v) is 3.59. The van der Waals surface area contributed by atoms with Crippen molar-refractivity contribution in [1.29, 1.82) is 0 Å². The van der Waals surface area contributed by atoms with Gasteiger partial charge in [-0.2, -0.15) is 8.42 Å². The number of nitrogens with zero attached hydrogens (tertiary/aromatic N) is 1. The lowest BCUT2D eigenvalue weighted by atomic mass is 10.2. The van der Waals surface area contributed by atoms with Gasteiger partial charge in [-0.3, -0.25) is 0 Å². The molecule has 0 aliphatic rings. The Morgan fingerprint density at radius 2 is 1.85 bits per heavy atom. The van der Waals surface area contributed by atoms with Crippen LogP contribution >= 0.6 is 0 Å². The maximum absolute atomic E-state index is 11.9. The van der Waals surface area contributed by atoms with Gasteiger partial charge in [0, 0.05) is 0 Å². The number of rotatable bonds is 2. The van der Waals surface area contributed by atoms with E-state index in [-0.39, 0.29) is 0 Å². The molecule has 0 unspecified atom stereocenters. The zero-order valence-corrected chi connectivity index (χ0v) is 7.75. The molecule has 0 aromatic heterocycles. The molecule has 0 fully saturated rings. The van der Waals surface area contributed by atoms with Crippen molar-refractivity contribution in [2.45, 2.75) is 6.92 Å². The molecule has 1 rings (SSSR count). The van der Waals surface area contributed by atoms with E-state index in [2.05, 4.69) is 4.40 Å². The van der Waals surface area contributed by atoms with Gasteiger partial charge in [0.25, 0.3) is 0 Å². The van der Waals surface area contributed by atoms with Gasteiger partial charge < -0.3 is 0 Å². The summed E-state index contributed by atoms with van der Waals surface area (Å²) in [6.45, 7) is 1.90. The molecule has 0 saturated carbocycles. The average Bonchev–Trinajstić information content (AvgIpc) is 2.02. The number of benzene rings is 1. The Kier molecular flexibility index (Phi) is 2.77. The normalized spacial score (nSPS) is 12.2. The fourth-order valence-electron chi connectivity index (χ4n) is 0.776. The molecular formula is C8H8FNO2S. The van der Waals surface area contributed by atoms with Crippen LogP contribution in [0.2, 0.25) is 0 Å². The van der Waals surface area contributed by atoms with Crippen LogP contribution in [0.5, 0.6) is 0 Å². The first kappa shape index (κ1) is 9.85. The monoisotopic (exact) mass is 201 g/mol. The Morgan fingerprint density at radius 3 is 2.31 bits per heavy atom. The lowest BCUT2D eigenvalue weighted by Crippen LogP contribution is -1.87. The fraction of sp³-hybridized carbons (Fsp3) is 0.125. The van der Waals surface area contributed by atoms with Crippen molar-refractivity contribution in [3.05, 3.63) is 35.4 Å². The van der Waals surface area contributed by atoms with Crippen molar-refractivity contribution in [2.75, 3.05) is 0 Å². The average molecular weight is 201 g/mol. The van der Waals surface area contributed by atoms with E-state index in [0.717, 1.165) is 11.8 Å². The van der Waals surface area contributed by atoms with E-state index in [1.54, 1.807) is 24.3 Å². The van der Waals surface area contributed by atoms with Crippen molar-refractivity contribution < 1.29 is 12.3 Å². The highest BCUT2D eigenvalue weighted by Gasteiger charge is 1.99. The van der Waals surface area contributed by atoms with Gasteiger partial charge in [0.2, 0.25) is 0 Å². The number of halogens is 1. The molecule has 13 heavy (non-hydrogen) atoms. The molecule has 1 aromatic rings. The third kappa shape index (κ3) is 3.80. The summed E-state index contributed by atoms with van der Waals surface area (Å²) in [5.41, 5.74) is 1.59. The molecule has 0 atom stereocenters. The van der Waals surface area contributed by atoms with Gasteiger partial charge in [0.1, 0.15) is 0 Å². The molecule has 70 valence electrons. The highest BCUT2D eigenvalue weighted by molar-refractivity contribution is 7.85. The quantitative estimate of drug-likeness (QED) is 0.539. The Hall–Kier alpha value is -1.23. The largest absolute Gasteiger partial charge is 0.417 e. The van der Waals surface area contributed by atoms with E-state index >= 15 is 0 Å². The van der Waals surface area contributed by atoms with Crippen LogP contribution in [0, 0.1) is 6.92 Å². The molecule has 0 saturated heterocycles. The van der Waals surface area contributed by atoms with E-state index < -0.39 is 10.4 Å². The molecule has 0 heterocycles. The molecule has 0 bridgehead atoms. The molecule has 3 nitrogen and oxygen atoms in total. The SMILES string of the molecule is Cc1ccc(C=NS(=O)(=O)F)cc1. The van der Waals surface area contributed by atoms with Crippen LogP contribution in [0.4, 0.5) is 3.89 Å². The zero-order chi connectivity index (χ0) is 9.90. The molecule has 1 aromatic carbocycles. The predicted molar refractivity (Wildman–Crippen MR) is 48.8 cm³/mol. The van der Waals surface area contributed by atoms with E-state index in [4.69, 9.17) is 0 Å². The minimum Gasteiger partial charge on any atom is -0.170 e. The summed E-state index contributed by atoms with van der Waals surface area (Å²) in [5, 5.41) is 0. The van der Waals surface area contributed by atoms with Crippen molar-refractivity contribution in [1.82, 2.24) is 0 Å². The summed E-state index contributed by atoms with van der Waals surface area (Å²) in [6, 6.07) is 6.88. The molecule has 0 spiro atoms. The molecule has 0 amide bonds. The molecule has 0 radical (unpaired) electrons. The first-order chi connectivity index (χ1) is 5.97. The summed E-state index contributed by atoms with van der Waals surface area (Å²) >= 11 is 0. The summed E-state index contributed by atoms with van der Waals surface area (Å²) in [4.78, 5) is 0. The van der Waals surface area contributed by atoms with Gasteiger partial charge in [-0.05, 0) is 12.5 Å². The summed E-state index contributed by atoms with van der Waals surface area (Å²) in [5.74, 6) is 0.